The number of hydrogen-bond acceptors (Lipinski definition) is 3. The number of hydrogen-bond donors (Lipinski definition) is 3. The van der Waals surface area contributed by atoms with Gasteiger partial charge in [0.2, 0.25) is 0 Å². The van der Waals surface area contributed by atoms with Crippen LogP contribution in [0.15, 0.2) is 23.1 Å². The van der Waals surface area contributed by atoms with Crippen LogP contribution in [0, 0.1) is 5.92 Å². The van der Waals surface area contributed by atoms with Crippen LogP contribution < -0.4 is 5.73 Å². The summed E-state index contributed by atoms with van der Waals surface area (Å²) >= 11 is 4.21. The fourth-order valence-electron chi connectivity index (χ4n) is 1.25. The molecule has 4 heteroatoms. The van der Waals surface area contributed by atoms with Crippen LogP contribution in [0.3, 0.4) is 0 Å². The van der Waals surface area contributed by atoms with Crippen LogP contribution in [0.1, 0.15) is 18.9 Å². The Labute approximate surface area is 94.7 Å². The Bertz CT molecular complexity index is 366. The van der Waals surface area contributed by atoms with Crippen molar-refractivity contribution in [2.45, 2.75) is 24.7 Å². The maximum Gasteiger partial charge on any atom is 0.306 e. The van der Waals surface area contributed by atoms with E-state index >= 15 is 0 Å². The van der Waals surface area contributed by atoms with Crippen molar-refractivity contribution in [1.82, 2.24) is 0 Å². The van der Waals surface area contributed by atoms with Gasteiger partial charge in [0.15, 0.2) is 0 Å². The van der Waals surface area contributed by atoms with Crippen LogP contribution in [0.5, 0.6) is 0 Å². The summed E-state index contributed by atoms with van der Waals surface area (Å²) in [5, 5.41) is 8.72. The molecule has 1 aromatic rings. The molecule has 3 nitrogen and oxygen atoms in total. The van der Waals surface area contributed by atoms with Gasteiger partial charge in [0.1, 0.15) is 0 Å². The highest BCUT2D eigenvalue weighted by Gasteiger charge is 2.10. The average molecular weight is 225 g/mol. The Hall–Kier alpha value is -1.16. The molecule has 1 atom stereocenters. The van der Waals surface area contributed by atoms with Crippen LogP contribution in [-0.4, -0.2) is 11.1 Å². The Balaban J connectivity index is 2.58. The van der Waals surface area contributed by atoms with Crippen LogP contribution in [0.2, 0.25) is 0 Å². The van der Waals surface area contributed by atoms with E-state index in [0.717, 1.165) is 16.9 Å². The fraction of sp³-hybridized carbons (Fsp3) is 0.364. The van der Waals surface area contributed by atoms with E-state index in [2.05, 4.69) is 12.6 Å². The lowest BCUT2D eigenvalue weighted by Gasteiger charge is -2.07. The van der Waals surface area contributed by atoms with Crippen molar-refractivity contribution < 1.29 is 9.90 Å². The van der Waals surface area contributed by atoms with Crippen molar-refractivity contribution in [3.63, 3.8) is 0 Å². The van der Waals surface area contributed by atoms with Gasteiger partial charge in [-0.05, 0) is 30.5 Å². The molecule has 0 bridgehead atoms. The van der Waals surface area contributed by atoms with Crippen molar-refractivity contribution >= 4 is 24.3 Å². The lowest BCUT2D eigenvalue weighted by molar-refractivity contribution is -0.141. The molecule has 0 amide bonds. The predicted molar refractivity (Wildman–Crippen MR) is 63.2 cm³/mol. The molecule has 0 radical (unpaired) electrons. The summed E-state index contributed by atoms with van der Waals surface area (Å²) in [4.78, 5) is 11.4. The third kappa shape index (κ3) is 3.47. The molecule has 0 spiro atoms. The molecular formula is C11H15NO2S. The number of thiol groups is 1. The second kappa shape index (κ2) is 5.07. The van der Waals surface area contributed by atoms with E-state index in [4.69, 9.17) is 10.8 Å². The van der Waals surface area contributed by atoms with Crippen molar-refractivity contribution in [3.05, 3.63) is 23.8 Å². The number of anilines is 1. The molecule has 82 valence electrons. The largest absolute Gasteiger partial charge is 0.481 e. The molecule has 3 N–H and O–H groups in total. The summed E-state index contributed by atoms with van der Waals surface area (Å²) in [5.41, 5.74) is 7.34. The first-order valence-electron chi connectivity index (χ1n) is 4.81. The summed E-state index contributed by atoms with van der Waals surface area (Å²) in [6.45, 7) is 1.71. The summed E-state index contributed by atoms with van der Waals surface area (Å²) in [5.74, 6) is -1.07. The molecule has 0 aliphatic carbocycles. The maximum absolute atomic E-state index is 10.6. The first kappa shape index (κ1) is 11.9. The standard InChI is InChI=1S/C11H15NO2S/c1-7(11(13)14)2-3-8-4-5-9(12)10(15)6-8/h4-7,15H,2-3,12H2,1H3,(H,13,14). The normalized spacial score (nSPS) is 12.4. The minimum atomic E-state index is -0.753. The molecule has 0 fully saturated rings. The Kier molecular flexibility index (Phi) is 4.03. The van der Waals surface area contributed by atoms with Crippen LogP contribution in [0.25, 0.3) is 0 Å². The second-order valence-electron chi connectivity index (χ2n) is 3.67. The van der Waals surface area contributed by atoms with Crippen LogP contribution in [0.4, 0.5) is 5.69 Å². The van der Waals surface area contributed by atoms with Gasteiger partial charge in [0.25, 0.3) is 0 Å². The minimum absolute atomic E-state index is 0.314. The smallest absolute Gasteiger partial charge is 0.306 e. The number of carboxylic acids is 1. The molecule has 0 aliphatic rings. The Morgan fingerprint density at radius 2 is 2.27 bits per heavy atom. The third-order valence-electron chi connectivity index (χ3n) is 2.38. The summed E-state index contributed by atoms with van der Waals surface area (Å²) in [6.07, 6.45) is 1.37. The van der Waals surface area contributed by atoms with Gasteiger partial charge in [-0.25, -0.2) is 0 Å². The molecule has 0 saturated carbocycles. The Morgan fingerprint density at radius 3 is 2.80 bits per heavy atom. The first-order chi connectivity index (χ1) is 7.00. The molecule has 1 unspecified atom stereocenters. The van der Waals surface area contributed by atoms with E-state index < -0.39 is 5.97 Å². The maximum atomic E-state index is 10.6. The summed E-state index contributed by atoms with van der Waals surface area (Å²) in [7, 11) is 0. The van der Waals surface area contributed by atoms with Crippen LogP contribution in [-0.2, 0) is 11.2 Å². The third-order valence-corrected chi connectivity index (χ3v) is 2.77. The number of aryl methyl sites for hydroxylation is 1. The zero-order valence-electron chi connectivity index (χ0n) is 8.60. The van der Waals surface area contributed by atoms with Gasteiger partial charge in [-0.15, -0.1) is 12.6 Å². The minimum Gasteiger partial charge on any atom is -0.481 e. The molecule has 0 heterocycles. The lowest BCUT2D eigenvalue weighted by Crippen LogP contribution is -2.10. The zero-order valence-corrected chi connectivity index (χ0v) is 9.50. The van der Waals surface area contributed by atoms with E-state index in [1.54, 1.807) is 13.0 Å². The van der Waals surface area contributed by atoms with Crippen molar-refractivity contribution in [2.24, 2.45) is 5.92 Å². The highest BCUT2D eigenvalue weighted by atomic mass is 32.1. The molecule has 15 heavy (non-hydrogen) atoms. The monoisotopic (exact) mass is 225 g/mol. The molecule has 0 aromatic heterocycles. The fourth-order valence-corrected chi connectivity index (χ4v) is 1.49. The lowest BCUT2D eigenvalue weighted by atomic mass is 10.0. The Morgan fingerprint density at radius 1 is 1.60 bits per heavy atom. The highest BCUT2D eigenvalue weighted by molar-refractivity contribution is 7.80. The second-order valence-corrected chi connectivity index (χ2v) is 4.15. The van der Waals surface area contributed by atoms with E-state index in [1.165, 1.54) is 0 Å². The van der Waals surface area contributed by atoms with Crippen molar-refractivity contribution in [2.75, 3.05) is 5.73 Å². The van der Waals surface area contributed by atoms with Gasteiger partial charge in [-0.2, -0.15) is 0 Å². The van der Waals surface area contributed by atoms with E-state index in [-0.39, 0.29) is 5.92 Å². The summed E-state index contributed by atoms with van der Waals surface area (Å²) in [6, 6.07) is 5.58. The predicted octanol–water partition coefficient (Wildman–Crippen LogP) is 2.21. The number of aliphatic carboxylic acids is 1. The number of rotatable bonds is 4. The van der Waals surface area contributed by atoms with Gasteiger partial charge in [0.05, 0.1) is 5.92 Å². The molecule has 0 saturated heterocycles. The zero-order chi connectivity index (χ0) is 11.4. The van der Waals surface area contributed by atoms with Gasteiger partial charge < -0.3 is 10.8 Å². The number of nitrogen functional groups attached to an aromatic ring is 1. The van der Waals surface area contributed by atoms with Crippen molar-refractivity contribution in [3.8, 4) is 0 Å². The van der Waals surface area contributed by atoms with Gasteiger partial charge in [0, 0.05) is 10.6 Å². The summed E-state index contributed by atoms with van der Waals surface area (Å²) < 4.78 is 0. The average Bonchev–Trinajstić information content (AvgIpc) is 2.19. The van der Waals surface area contributed by atoms with E-state index in [9.17, 15) is 4.79 Å². The van der Waals surface area contributed by atoms with Gasteiger partial charge in [-0.1, -0.05) is 13.0 Å². The number of carbonyl (C=O) groups is 1. The number of nitrogens with two attached hydrogens (primary N) is 1. The first-order valence-corrected chi connectivity index (χ1v) is 5.25. The van der Waals surface area contributed by atoms with Crippen molar-refractivity contribution in [1.29, 1.82) is 0 Å². The molecule has 1 rings (SSSR count). The molecule has 0 aliphatic heterocycles. The molecule has 1 aromatic carbocycles. The van der Waals surface area contributed by atoms with Gasteiger partial charge in [-0.3, -0.25) is 4.79 Å². The number of benzene rings is 1. The quantitative estimate of drug-likeness (QED) is 0.544. The van der Waals surface area contributed by atoms with E-state index in [0.29, 0.717) is 12.1 Å². The van der Waals surface area contributed by atoms with Crippen LogP contribution >= 0.6 is 12.6 Å². The number of carboxylic acid groups (broad SMARTS) is 1. The molecular weight excluding hydrogens is 210 g/mol. The topological polar surface area (TPSA) is 63.3 Å². The van der Waals surface area contributed by atoms with Gasteiger partial charge >= 0.3 is 5.97 Å². The highest BCUT2D eigenvalue weighted by Crippen LogP contribution is 2.19. The van der Waals surface area contributed by atoms with E-state index in [1.807, 2.05) is 12.1 Å². The SMILES string of the molecule is CC(CCc1ccc(N)c(S)c1)C(=O)O.